The SMILES string of the molecule is O=C1CCC(Nc2nc3ccccc3s2)CN1. The van der Waals surface area contributed by atoms with E-state index < -0.39 is 0 Å². The molecule has 0 radical (unpaired) electrons. The molecule has 1 aromatic heterocycles. The van der Waals surface area contributed by atoms with Crippen molar-refractivity contribution in [3.63, 3.8) is 0 Å². The Bertz CT molecular complexity index is 508. The number of rotatable bonds is 2. The van der Waals surface area contributed by atoms with E-state index in [0.717, 1.165) is 17.1 Å². The smallest absolute Gasteiger partial charge is 0.220 e. The summed E-state index contributed by atoms with van der Waals surface area (Å²) in [7, 11) is 0. The Hall–Kier alpha value is -1.62. The second-order valence-corrected chi connectivity index (χ2v) is 5.20. The largest absolute Gasteiger partial charge is 0.357 e. The molecule has 1 aromatic carbocycles. The van der Waals surface area contributed by atoms with Crippen molar-refractivity contribution in [2.24, 2.45) is 0 Å². The van der Waals surface area contributed by atoms with Crippen LogP contribution in [0.15, 0.2) is 24.3 Å². The molecule has 0 aliphatic carbocycles. The quantitative estimate of drug-likeness (QED) is 0.853. The van der Waals surface area contributed by atoms with Crippen LogP contribution in [-0.2, 0) is 4.79 Å². The fourth-order valence-electron chi connectivity index (χ4n) is 1.96. The minimum absolute atomic E-state index is 0.146. The molecule has 88 valence electrons. The van der Waals surface area contributed by atoms with Gasteiger partial charge < -0.3 is 10.6 Å². The standard InChI is InChI=1S/C12H13N3OS/c16-11-6-5-8(7-13-11)14-12-15-9-3-1-2-4-10(9)17-12/h1-4,8H,5-7H2,(H,13,16)(H,14,15). The third-order valence-corrected chi connectivity index (χ3v) is 3.85. The first kappa shape index (κ1) is 10.5. The molecule has 1 fully saturated rings. The fraction of sp³-hybridized carbons (Fsp3) is 0.333. The Balaban J connectivity index is 1.74. The Kier molecular flexibility index (Phi) is 2.68. The molecule has 3 rings (SSSR count). The van der Waals surface area contributed by atoms with E-state index in [1.165, 1.54) is 4.70 Å². The van der Waals surface area contributed by atoms with Crippen LogP contribution < -0.4 is 10.6 Å². The predicted octanol–water partition coefficient (Wildman–Crippen LogP) is 1.99. The van der Waals surface area contributed by atoms with Gasteiger partial charge in [-0.05, 0) is 18.6 Å². The van der Waals surface area contributed by atoms with Crippen molar-refractivity contribution in [1.82, 2.24) is 10.3 Å². The van der Waals surface area contributed by atoms with Crippen molar-refractivity contribution < 1.29 is 4.79 Å². The van der Waals surface area contributed by atoms with Gasteiger partial charge in [0.05, 0.1) is 10.2 Å². The molecule has 0 saturated carbocycles. The molecule has 1 atom stereocenters. The number of nitrogens with zero attached hydrogens (tertiary/aromatic N) is 1. The first-order valence-corrected chi connectivity index (χ1v) is 6.52. The van der Waals surface area contributed by atoms with Crippen LogP contribution >= 0.6 is 11.3 Å². The van der Waals surface area contributed by atoms with Gasteiger partial charge in [-0.1, -0.05) is 23.5 Å². The molecule has 17 heavy (non-hydrogen) atoms. The summed E-state index contributed by atoms with van der Waals surface area (Å²) in [5, 5.41) is 7.18. The predicted molar refractivity (Wildman–Crippen MR) is 69.3 cm³/mol. The zero-order valence-electron chi connectivity index (χ0n) is 9.27. The number of hydrogen-bond acceptors (Lipinski definition) is 4. The summed E-state index contributed by atoms with van der Waals surface area (Å²) in [6.45, 7) is 0.689. The topological polar surface area (TPSA) is 54.0 Å². The maximum absolute atomic E-state index is 11.1. The minimum Gasteiger partial charge on any atom is -0.357 e. The molecule has 2 aromatic rings. The second kappa shape index (κ2) is 4.33. The van der Waals surface area contributed by atoms with Gasteiger partial charge in [0.1, 0.15) is 0 Å². The molecule has 1 unspecified atom stereocenters. The lowest BCUT2D eigenvalue weighted by Gasteiger charge is -2.22. The third-order valence-electron chi connectivity index (χ3n) is 2.89. The molecular weight excluding hydrogens is 234 g/mol. The van der Waals surface area contributed by atoms with E-state index in [9.17, 15) is 4.79 Å². The number of carbonyl (C=O) groups is 1. The van der Waals surface area contributed by atoms with Crippen LogP contribution in [0.5, 0.6) is 0 Å². The highest BCUT2D eigenvalue weighted by molar-refractivity contribution is 7.22. The average Bonchev–Trinajstić information content (AvgIpc) is 2.74. The summed E-state index contributed by atoms with van der Waals surface area (Å²) in [5.74, 6) is 0.146. The normalized spacial score (nSPS) is 20.2. The van der Waals surface area contributed by atoms with Crippen molar-refractivity contribution in [2.45, 2.75) is 18.9 Å². The van der Waals surface area contributed by atoms with Crippen LogP contribution in [0.25, 0.3) is 10.2 Å². The molecule has 5 heteroatoms. The number of nitrogens with one attached hydrogen (secondary N) is 2. The number of piperidine rings is 1. The summed E-state index contributed by atoms with van der Waals surface area (Å²) >= 11 is 1.66. The molecular formula is C12H13N3OS. The maximum Gasteiger partial charge on any atom is 0.220 e. The molecule has 1 saturated heterocycles. The number of thiazole rings is 1. The lowest BCUT2D eigenvalue weighted by molar-refractivity contribution is -0.122. The number of amides is 1. The first-order chi connectivity index (χ1) is 8.31. The highest BCUT2D eigenvalue weighted by atomic mass is 32.1. The van der Waals surface area contributed by atoms with E-state index in [0.29, 0.717) is 19.0 Å². The van der Waals surface area contributed by atoms with Gasteiger partial charge in [-0.15, -0.1) is 0 Å². The van der Waals surface area contributed by atoms with Crippen LogP contribution in [0.4, 0.5) is 5.13 Å². The van der Waals surface area contributed by atoms with Crippen molar-refractivity contribution in [2.75, 3.05) is 11.9 Å². The van der Waals surface area contributed by atoms with Crippen molar-refractivity contribution in [3.05, 3.63) is 24.3 Å². The number of fused-ring (bicyclic) bond motifs is 1. The summed E-state index contributed by atoms with van der Waals surface area (Å²) in [5.41, 5.74) is 1.03. The molecule has 2 heterocycles. The summed E-state index contributed by atoms with van der Waals surface area (Å²) < 4.78 is 1.19. The van der Waals surface area contributed by atoms with E-state index in [2.05, 4.69) is 21.7 Å². The van der Waals surface area contributed by atoms with Gasteiger partial charge in [-0.3, -0.25) is 4.79 Å². The van der Waals surface area contributed by atoms with Crippen LogP contribution in [0.1, 0.15) is 12.8 Å². The summed E-state index contributed by atoms with van der Waals surface area (Å²) in [6, 6.07) is 8.39. The lowest BCUT2D eigenvalue weighted by atomic mass is 10.1. The molecule has 4 nitrogen and oxygen atoms in total. The van der Waals surface area contributed by atoms with Gasteiger partial charge in [0.25, 0.3) is 0 Å². The average molecular weight is 247 g/mol. The van der Waals surface area contributed by atoms with Gasteiger partial charge in [0, 0.05) is 19.0 Å². The maximum atomic E-state index is 11.1. The fourth-order valence-corrected chi connectivity index (χ4v) is 2.91. The van der Waals surface area contributed by atoms with Gasteiger partial charge in [0.15, 0.2) is 5.13 Å². The van der Waals surface area contributed by atoms with Crippen molar-refractivity contribution in [1.29, 1.82) is 0 Å². The van der Waals surface area contributed by atoms with E-state index in [4.69, 9.17) is 0 Å². The molecule has 1 aliphatic heterocycles. The van der Waals surface area contributed by atoms with E-state index in [1.54, 1.807) is 11.3 Å². The second-order valence-electron chi connectivity index (χ2n) is 4.17. The summed E-state index contributed by atoms with van der Waals surface area (Å²) in [4.78, 5) is 15.6. The Morgan fingerprint density at radius 1 is 1.41 bits per heavy atom. The van der Waals surface area contributed by atoms with E-state index >= 15 is 0 Å². The number of para-hydroxylation sites is 1. The van der Waals surface area contributed by atoms with Crippen molar-refractivity contribution in [3.8, 4) is 0 Å². The first-order valence-electron chi connectivity index (χ1n) is 5.70. The third kappa shape index (κ3) is 2.24. The zero-order chi connectivity index (χ0) is 11.7. The molecule has 0 spiro atoms. The number of benzene rings is 1. The highest BCUT2D eigenvalue weighted by Crippen LogP contribution is 2.26. The van der Waals surface area contributed by atoms with E-state index in [1.807, 2.05) is 18.2 Å². The Morgan fingerprint density at radius 3 is 3.06 bits per heavy atom. The number of anilines is 1. The van der Waals surface area contributed by atoms with Gasteiger partial charge in [-0.2, -0.15) is 0 Å². The lowest BCUT2D eigenvalue weighted by Crippen LogP contribution is -2.41. The van der Waals surface area contributed by atoms with Gasteiger partial charge in [-0.25, -0.2) is 4.98 Å². The van der Waals surface area contributed by atoms with E-state index in [-0.39, 0.29) is 5.91 Å². The molecule has 1 amide bonds. The van der Waals surface area contributed by atoms with Gasteiger partial charge in [0.2, 0.25) is 5.91 Å². The van der Waals surface area contributed by atoms with Crippen molar-refractivity contribution >= 4 is 32.6 Å². The monoisotopic (exact) mass is 247 g/mol. The number of hydrogen-bond donors (Lipinski definition) is 2. The van der Waals surface area contributed by atoms with Crippen LogP contribution in [-0.4, -0.2) is 23.5 Å². The molecule has 1 aliphatic rings. The molecule has 2 N–H and O–H groups in total. The minimum atomic E-state index is 0.146. The number of carbonyl (C=O) groups excluding carboxylic acids is 1. The Morgan fingerprint density at radius 2 is 2.29 bits per heavy atom. The van der Waals surface area contributed by atoms with Crippen LogP contribution in [0.3, 0.4) is 0 Å². The zero-order valence-corrected chi connectivity index (χ0v) is 10.1. The van der Waals surface area contributed by atoms with Crippen LogP contribution in [0, 0.1) is 0 Å². The number of aromatic nitrogens is 1. The molecule has 0 bridgehead atoms. The van der Waals surface area contributed by atoms with Gasteiger partial charge >= 0.3 is 0 Å². The highest BCUT2D eigenvalue weighted by Gasteiger charge is 2.18. The summed E-state index contributed by atoms with van der Waals surface area (Å²) in [6.07, 6.45) is 1.48. The Labute approximate surface area is 103 Å². The van der Waals surface area contributed by atoms with Crippen LogP contribution in [0.2, 0.25) is 0 Å².